The lowest BCUT2D eigenvalue weighted by Gasteiger charge is -2.34. The molecule has 162 valence electrons. The van der Waals surface area contributed by atoms with E-state index in [2.05, 4.69) is 18.7 Å². The molecule has 0 N–H and O–H groups in total. The maximum atomic E-state index is 13.1. The van der Waals surface area contributed by atoms with Gasteiger partial charge in [0.05, 0.1) is 32.9 Å². The number of piperidine rings is 1. The van der Waals surface area contributed by atoms with E-state index in [1.807, 2.05) is 23.1 Å². The number of nitrogens with zero attached hydrogens (tertiary/aromatic N) is 2. The predicted molar refractivity (Wildman–Crippen MR) is 113 cm³/mol. The number of benzene rings is 1. The highest BCUT2D eigenvalue weighted by Gasteiger charge is 2.33. The van der Waals surface area contributed by atoms with Crippen LogP contribution in [0.3, 0.4) is 0 Å². The predicted octanol–water partition coefficient (Wildman–Crippen LogP) is 3.50. The van der Waals surface area contributed by atoms with Crippen molar-refractivity contribution in [2.24, 2.45) is 5.92 Å². The molecule has 1 amide bonds. The van der Waals surface area contributed by atoms with Gasteiger partial charge in [0.15, 0.2) is 0 Å². The van der Waals surface area contributed by atoms with Gasteiger partial charge in [-0.2, -0.15) is 0 Å². The van der Waals surface area contributed by atoms with Crippen LogP contribution in [0, 0.1) is 5.92 Å². The molecule has 2 aliphatic rings. The molecular formula is C23H36N2O4. The molecular weight excluding hydrogens is 368 g/mol. The Balaban J connectivity index is 1.57. The molecule has 0 aromatic heterocycles. The van der Waals surface area contributed by atoms with Crippen molar-refractivity contribution in [2.75, 3.05) is 47.0 Å². The van der Waals surface area contributed by atoms with Gasteiger partial charge in [-0.15, -0.1) is 0 Å². The Morgan fingerprint density at radius 1 is 1.10 bits per heavy atom. The van der Waals surface area contributed by atoms with Crippen molar-refractivity contribution in [3.8, 4) is 11.5 Å². The van der Waals surface area contributed by atoms with Crippen LogP contribution in [0.4, 0.5) is 0 Å². The molecule has 3 rings (SSSR count). The van der Waals surface area contributed by atoms with E-state index in [0.717, 1.165) is 69.0 Å². The molecule has 1 aromatic carbocycles. The van der Waals surface area contributed by atoms with E-state index < -0.39 is 0 Å². The summed E-state index contributed by atoms with van der Waals surface area (Å²) >= 11 is 0. The highest BCUT2D eigenvalue weighted by Crippen LogP contribution is 2.38. The van der Waals surface area contributed by atoms with Crippen molar-refractivity contribution >= 4 is 5.91 Å². The Morgan fingerprint density at radius 2 is 1.86 bits per heavy atom. The minimum atomic E-state index is 0.0790. The van der Waals surface area contributed by atoms with E-state index in [1.165, 1.54) is 0 Å². The first-order valence-corrected chi connectivity index (χ1v) is 10.9. The number of amides is 1. The van der Waals surface area contributed by atoms with Crippen molar-refractivity contribution in [3.05, 3.63) is 23.8 Å². The van der Waals surface area contributed by atoms with Crippen molar-refractivity contribution in [3.63, 3.8) is 0 Å². The average Bonchev–Trinajstić information content (AvgIpc) is 3.22. The fourth-order valence-electron chi connectivity index (χ4n) is 4.33. The first-order valence-electron chi connectivity index (χ1n) is 10.9. The Kier molecular flexibility index (Phi) is 7.78. The van der Waals surface area contributed by atoms with Crippen LogP contribution in [-0.2, 0) is 9.53 Å². The van der Waals surface area contributed by atoms with E-state index in [9.17, 15) is 4.79 Å². The van der Waals surface area contributed by atoms with Crippen LogP contribution in [0.1, 0.15) is 51.1 Å². The second-order valence-electron chi connectivity index (χ2n) is 8.56. The molecule has 0 spiro atoms. The maximum Gasteiger partial charge on any atom is 0.237 e. The second kappa shape index (κ2) is 10.3. The Hall–Kier alpha value is -1.79. The van der Waals surface area contributed by atoms with Gasteiger partial charge in [-0.3, -0.25) is 9.69 Å². The molecule has 1 unspecified atom stereocenters. The lowest BCUT2D eigenvalue weighted by molar-refractivity contribution is -0.134. The normalized spacial score (nSPS) is 21.0. The molecule has 2 heterocycles. The van der Waals surface area contributed by atoms with Crippen molar-refractivity contribution in [2.45, 2.75) is 51.7 Å². The second-order valence-corrected chi connectivity index (χ2v) is 8.56. The number of carbonyl (C=O) groups is 1. The summed E-state index contributed by atoms with van der Waals surface area (Å²) in [5.74, 6) is 2.34. The summed E-state index contributed by atoms with van der Waals surface area (Å²) in [4.78, 5) is 17.4. The molecule has 0 aliphatic carbocycles. The molecule has 2 aliphatic heterocycles. The topological polar surface area (TPSA) is 51.2 Å². The van der Waals surface area contributed by atoms with Gasteiger partial charge in [-0.25, -0.2) is 0 Å². The van der Waals surface area contributed by atoms with Gasteiger partial charge in [0.1, 0.15) is 11.5 Å². The summed E-state index contributed by atoms with van der Waals surface area (Å²) in [5, 5.41) is 0. The molecule has 0 saturated carbocycles. The third kappa shape index (κ3) is 5.64. The van der Waals surface area contributed by atoms with Crippen LogP contribution >= 0.6 is 0 Å². The Labute approximate surface area is 175 Å². The standard InChI is InChI=1S/C23H36N2O4/c1-17(2)16-29-18-9-12-24(13-10-18)15-23(26)25-11-5-6-21(25)20-8-7-19(27-3)14-22(20)28-4/h7-8,14,17-18,21H,5-6,9-13,15-16H2,1-4H3. The lowest BCUT2D eigenvalue weighted by Crippen LogP contribution is -2.44. The maximum absolute atomic E-state index is 13.1. The summed E-state index contributed by atoms with van der Waals surface area (Å²) in [7, 11) is 3.32. The summed E-state index contributed by atoms with van der Waals surface area (Å²) < 4.78 is 16.9. The summed E-state index contributed by atoms with van der Waals surface area (Å²) in [5.41, 5.74) is 1.07. The third-order valence-electron chi connectivity index (χ3n) is 5.93. The summed E-state index contributed by atoms with van der Waals surface area (Å²) in [6, 6.07) is 5.96. The van der Waals surface area contributed by atoms with Gasteiger partial charge in [-0.05, 0) is 43.7 Å². The quantitative estimate of drug-likeness (QED) is 0.664. The van der Waals surface area contributed by atoms with E-state index in [1.54, 1.807) is 14.2 Å². The van der Waals surface area contributed by atoms with Gasteiger partial charge in [-0.1, -0.05) is 13.8 Å². The SMILES string of the molecule is COc1ccc(C2CCCN2C(=O)CN2CCC(OCC(C)C)CC2)c(OC)c1. The van der Waals surface area contributed by atoms with Crippen LogP contribution < -0.4 is 9.47 Å². The molecule has 6 heteroatoms. The van der Waals surface area contributed by atoms with Crippen LogP contribution in [0.2, 0.25) is 0 Å². The van der Waals surface area contributed by atoms with Crippen molar-refractivity contribution in [1.29, 1.82) is 0 Å². The first-order chi connectivity index (χ1) is 14.0. The number of rotatable bonds is 8. The number of carbonyl (C=O) groups excluding carboxylic acids is 1. The number of methoxy groups -OCH3 is 2. The molecule has 29 heavy (non-hydrogen) atoms. The van der Waals surface area contributed by atoms with Crippen LogP contribution in [0.5, 0.6) is 11.5 Å². The van der Waals surface area contributed by atoms with E-state index in [4.69, 9.17) is 14.2 Å². The van der Waals surface area contributed by atoms with Crippen LogP contribution in [-0.4, -0.2) is 68.8 Å². The van der Waals surface area contributed by atoms with E-state index in [0.29, 0.717) is 18.6 Å². The molecule has 0 radical (unpaired) electrons. The van der Waals surface area contributed by atoms with Gasteiger partial charge >= 0.3 is 0 Å². The smallest absolute Gasteiger partial charge is 0.237 e. The van der Waals surface area contributed by atoms with E-state index in [-0.39, 0.29) is 11.9 Å². The summed E-state index contributed by atoms with van der Waals surface area (Å²) in [6.07, 6.45) is 4.36. The van der Waals surface area contributed by atoms with E-state index >= 15 is 0 Å². The Bertz CT molecular complexity index is 671. The van der Waals surface area contributed by atoms with Crippen LogP contribution in [0.25, 0.3) is 0 Å². The zero-order valence-corrected chi connectivity index (χ0v) is 18.4. The molecule has 0 bridgehead atoms. The molecule has 6 nitrogen and oxygen atoms in total. The highest BCUT2D eigenvalue weighted by molar-refractivity contribution is 5.79. The van der Waals surface area contributed by atoms with Crippen LogP contribution in [0.15, 0.2) is 18.2 Å². The van der Waals surface area contributed by atoms with Crippen molar-refractivity contribution in [1.82, 2.24) is 9.80 Å². The molecule has 2 saturated heterocycles. The average molecular weight is 405 g/mol. The highest BCUT2D eigenvalue weighted by atomic mass is 16.5. The number of hydrogen-bond donors (Lipinski definition) is 0. The fourth-order valence-corrected chi connectivity index (χ4v) is 4.33. The Morgan fingerprint density at radius 3 is 2.52 bits per heavy atom. The van der Waals surface area contributed by atoms with Gasteiger partial charge in [0.2, 0.25) is 5.91 Å². The molecule has 1 aromatic rings. The largest absolute Gasteiger partial charge is 0.497 e. The zero-order chi connectivity index (χ0) is 20.8. The lowest BCUT2D eigenvalue weighted by atomic mass is 10.0. The van der Waals surface area contributed by atoms with Gasteiger partial charge < -0.3 is 19.1 Å². The molecule has 2 fully saturated rings. The monoisotopic (exact) mass is 404 g/mol. The third-order valence-corrected chi connectivity index (χ3v) is 5.93. The van der Waals surface area contributed by atoms with Gasteiger partial charge in [0, 0.05) is 37.9 Å². The first kappa shape index (κ1) is 21.9. The van der Waals surface area contributed by atoms with Crippen molar-refractivity contribution < 1.29 is 19.0 Å². The molecule has 1 atom stereocenters. The minimum absolute atomic E-state index is 0.0790. The minimum Gasteiger partial charge on any atom is -0.497 e. The number of ether oxygens (including phenoxy) is 3. The fraction of sp³-hybridized carbons (Fsp3) is 0.696. The summed E-state index contributed by atoms with van der Waals surface area (Å²) in [6.45, 7) is 8.34. The van der Waals surface area contributed by atoms with Gasteiger partial charge in [0.25, 0.3) is 0 Å². The number of hydrogen-bond acceptors (Lipinski definition) is 5. The number of likely N-dealkylation sites (tertiary alicyclic amines) is 2. The zero-order valence-electron chi connectivity index (χ0n) is 18.4.